The van der Waals surface area contributed by atoms with Gasteiger partial charge in [-0.05, 0) is 12.1 Å². The van der Waals surface area contributed by atoms with Crippen LogP contribution < -0.4 is 11.5 Å². The third-order valence-electron chi connectivity index (χ3n) is 3.03. The predicted molar refractivity (Wildman–Crippen MR) is 83.5 cm³/mol. The Morgan fingerprint density at radius 1 is 1.22 bits per heavy atom. The summed E-state index contributed by atoms with van der Waals surface area (Å²) in [6, 6.07) is 4.62. The number of aliphatic imine (C=N–C) groups is 1. The van der Waals surface area contributed by atoms with E-state index < -0.39 is 11.7 Å². The number of allylic oxidation sites excluding steroid dienone is 1. The Morgan fingerprint density at radius 3 is 2.39 bits per heavy atom. The molecule has 0 aliphatic carbocycles. The van der Waals surface area contributed by atoms with Gasteiger partial charge in [0.25, 0.3) is 0 Å². The van der Waals surface area contributed by atoms with Gasteiger partial charge in [-0.25, -0.2) is 9.97 Å². The first-order valence-corrected chi connectivity index (χ1v) is 6.51. The molecule has 1 aromatic carbocycles. The zero-order chi connectivity index (χ0) is 17.0. The zero-order valence-electron chi connectivity index (χ0n) is 12.2. The summed E-state index contributed by atoms with van der Waals surface area (Å²) in [6.45, 7) is 0. The molecule has 0 unspecified atom stereocenters. The molecule has 23 heavy (non-hydrogen) atoms. The van der Waals surface area contributed by atoms with Crippen LogP contribution in [0.2, 0.25) is 0 Å². The number of nitrogens with zero attached hydrogens (tertiary/aromatic N) is 3. The van der Waals surface area contributed by atoms with Gasteiger partial charge in [-0.2, -0.15) is 13.2 Å². The number of nitrogens with two attached hydrogens (primary N) is 2. The van der Waals surface area contributed by atoms with E-state index in [1.54, 1.807) is 7.05 Å². The highest BCUT2D eigenvalue weighted by molar-refractivity contribution is 6.10. The third kappa shape index (κ3) is 3.65. The van der Waals surface area contributed by atoms with Crippen LogP contribution in [0.3, 0.4) is 0 Å². The standard InChI is InChI=1S/C15H14F3N5/c1-21-7-10(6-19)13-14(20)22-8-12(23-13)9-2-4-11(5-3-9)15(16,17)18/h2-8H,19H2,1H3,(H2,20,22). The minimum Gasteiger partial charge on any atom is -0.404 e. The molecule has 4 N–H and O–H groups in total. The fraction of sp³-hybridized carbons (Fsp3) is 0.133. The van der Waals surface area contributed by atoms with Crippen molar-refractivity contribution >= 4 is 17.6 Å². The van der Waals surface area contributed by atoms with Crippen LogP contribution in [0.4, 0.5) is 19.0 Å². The summed E-state index contributed by atoms with van der Waals surface area (Å²) < 4.78 is 37.8. The van der Waals surface area contributed by atoms with Crippen molar-refractivity contribution < 1.29 is 13.2 Å². The molecule has 0 saturated heterocycles. The molecule has 0 bridgehead atoms. The lowest BCUT2D eigenvalue weighted by Crippen LogP contribution is -2.05. The second-order valence-electron chi connectivity index (χ2n) is 4.57. The molecule has 0 aliphatic heterocycles. The number of hydrogen-bond donors (Lipinski definition) is 2. The molecule has 0 aliphatic rings. The summed E-state index contributed by atoms with van der Waals surface area (Å²) in [5.41, 5.74) is 12.2. The number of nitrogen functional groups attached to an aromatic ring is 1. The van der Waals surface area contributed by atoms with Crippen LogP contribution in [-0.2, 0) is 6.18 Å². The summed E-state index contributed by atoms with van der Waals surface area (Å²) in [7, 11) is 1.56. The van der Waals surface area contributed by atoms with Gasteiger partial charge in [0.2, 0.25) is 0 Å². The van der Waals surface area contributed by atoms with E-state index >= 15 is 0 Å². The van der Waals surface area contributed by atoms with E-state index in [1.165, 1.54) is 30.7 Å². The van der Waals surface area contributed by atoms with E-state index in [9.17, 15) is 13.2 Å². The van der Waals surface area contributed by atoms with Gasteiger partial charge in [0.05, 0.1) is 17.5 Å². The number of hydrogen-bond acceptors (Lipinski definition) is 5. The van der Waals surface area contributed by atoms with E-state index in [4.69, 9.17) is 11.5 Å². The highest BCUT2D eigenvalue weighted by atomic mass is 19.4. The highest BCUT2D eigenvalue weighted by Crippen LogP contribution is 2.31. The summed E-state index contributed by atoms with van der Waals surface area (Å²) >= 11 is 0. The lowest BCUT2D eigenvalue weighted by Gasteiger charge is -2.09. The van der Waals surface area contributed by atoms with Crippen LogP contribution in [0, 0.1) is 0 Å². The molecule has 2 aromatic rings. The number of aromatic nitrogens is 2. The van der Waals surface area contributed by atoms with Gasteiger partial charge in [-0.15, -0.1) is 0 Å². The Bertz CT molecular complexity index is 749. The number of benzene rings is 1. The Labute approximate surface area is 130 Å². The normalized spacial score (nSPS) is 12.8. The van der Waals surface area contributed by atoms with E-state index in [-0.39, 0.29) is 5.82 Å². The first-order chi connectivity index (χ1) is 10.9. The maximum atomic E-state index is 12.6. The molecule has 0 spiro atoms. The Hall–Kier alpha value is -2.90. The van der Waals surface area contributed by atoms with Gasteiger partial charge in [-0.3, -0.25) is 4.99 Å². The molecule has 5 nitrogen and oxygen atoms in total. The quantitative estimate of drug-likeness (QED) is 0.851. The number of halogens is 3. The van der Waals surface area contributed by atoms with Crippen molar-refractivity contribution in [1.82, 2.24) is 9.97 Å². The Morgan fingerprint density at radius 2 is 1.87 bits per heavy atom. The molecule has 0 saturated carbocycles. The Kier molecular flexibility index (Phi) is 4.63. The number of alkyl halides is 3. The molecule has 0 fully saturated rings. The zero-order valence-corrected chi connectivity index (χ0v) is 12.2. The van der Waals surface area contributed by atoms with E-state index in [1.807, 2.05) is 0 Å². The summed E-state index contributed by atoms with van der Waals surface area (Å²) in [5.74, 6) is 0.150. The van der Waals surface area contributed by atoms with Crippen molar-refractivity contribution in [3.8, 4) is 11.3 Å². The van der Waals surface area contributed by atoms with Crippen LogP contribution in [0.1, 0.15) is 11.3 Å². The third-order valence-corrected chi connectivity index (χ3v) is 3.03. The Balaban J connectivity index is 2.45. The average molecular weight is 321 g/mol. The maximum Gasteiger partial charge on any atom is 0.416 e. The molecule has 120 valence electrons. The monoisotopic (exact) mass is 321 g/mol. The lowest BCUT2D eigenvalue weighted by atomic mass is 10.1. The predicted octanol–water partition coefficient (Wildman–Crippen LogP) is 2.74. The van der Waals surface area contributed by atoms with E-state index in [2.05, 4.69) is 15.0 Å². The van der Waals surface area contributed by atoms with Crippen LogP contribution in [0.5, 0.6) is 0 Å². The largest absolute Gasteiger partial charge is 0.416 e. The van der Waals surface area contributed by atoms with E-state index in [0.717, 1.165) is 12.1 Å². The van der Waals surface area contributed by atoms with Gasteiger partial charge in [-0.1, -0.05) is 12.1 Å². The molecule has 2 rings (SSSR count). The molecule has 0 atom stereocenters. The first-order valence-electron chi connectivity index (χ1n) is 6.51. The van der Waals surface area contributed by atoms with Crippen molar-refractivity contribution in [1.29, 1.82) is 0 Å². The van der Waals surface area contributed by atoms with Crippen LogP contribution in [0.15, 0.2) is 41.7 Å². The second-order valence-corrected chi connectivity index (χ2v) is 4.57. The fourth-order valence-electron chi connectivity index (χ4n) is 1.90. The fourth-order valence-corrected chi connectivity index (χ4v) is 1.90. The smallest absolute Gasteiger partial charge is 0.404 e. The summed E-state index contributed by atoms with van der Waals surface area (Å²) in [5, 5.41) is 0. The average Bonchev–Trinajstić information content (AvgIpc) is 2.53. The molecule has 0 amide bonds. The van der Waals surface area contributed by atoms with Crippen LogP contribution >= 0.6 is 0 Å². The van der Waals surface area contributed by atoms with Gasteiger partial charge < -0.3 is 11.5 Å². The summed E-state index contributed by atoms with van der Waals surface area (Å²) in [6.07, 6.45) is -0.247. The van der Waals surface area contributed by atoms with Gasteiger partial charge in [0, 0.05) is 30.6 Å². The van der Waals surface area contributed by atoms with Crippen molar-refractivity contribution in [2.45, 2.75) is 6.18 Å². The second kappa shape index (κ2) is 6.47. The van der Waals surface area contributed by atoms with E-state index in [0.29, 0.717) is 22.5 Å². The lowest BCUT2D eigenvalue weighted by molar-refractivity contribution is -0.137. The van der Waals surface area contributed by atoms with Crippen molar-refractivity contribution in [2.75, 3.05) is 12.8 Å². The van der Waals surface area contributed by atoms with Gasteiger partial charge >= 0.3 is 6.18 Å². The first kappa shape index (κ1) is 16.5. The van der Waals surface area contributed by atoms with Gasteiger partial charge in [0.15, 0.2) is 0 Å². The maximum absolute atomic E-state index is 12.6. The van der Waals surface area contributed by atoms with Crippen LogP contribution in [-0.4, -0.2) is 23.2 Å². The minimum atomic E-state index is -4.39. The van der Waals surface area contributed by atoms with Crippen LogP contribution in [0.25, 0.3) is 16.8 Å². The van der Waals surface area contributed by atoms with Crippen molar-refractivity contribution in [3.63, 3.8) is 0 Å². The molecular weight excluding hydrogens is 307 g/mol. The SMILES string of the molecule is CN=CC(=CN)c1nc(-c2ccc(C(F)(F)F)cc2)cnc1N. The molecule has 1 heterocycles. The molecular formula is C15H14F3N5. The number of anilines is 1. The highest BCUT2D eigenvalue weighted by Gasteiger charge is 2.30. The van der Waals surface area contributed by atoms with Crippen molar-refractivity contribution in [2.24, 2.45) is 10.7 Å². The topological polar surface area (TPSA) is 90.2 Å². The summed E-state index contributed by atoms with van der Waals surface area (Å²) in [4.78, 5) is 12.2. The molecule has 1 aromatic heterocycles. The van der Waals surface area contributed by atoms with Crippen molar-refractivity contribution in [3.05, 3.63) is 47.9 Å². The number of rotatable bonds is 3. The van der Waals surface area contributed by atoms with Gasteiger partial charge in [0.1, 0.15) is 11.5 Å². The molecule has 0 radical (unpaired) electrons. The minimum absolute atomic E-state index is 0.150. The molecule has 8 heteroatoms.